The second-order valence-electron chi connectivity index (χ2n) is 7.59. The highest BCUT2D eigenvalue weighted by Gasteiger charge is 2.36. The minimum Gasteiger partial charge on any atom is -0.378 e. The summed E-state index contributed by atoms with van der Waals surface area (Å²) in [6.45, 7) is 10.7. The summed E-state index contributed by atoms with van der Waals surface area (Å²) in [6, 6.07) is 0.520. The van der Waals surface area contributed by atoms with Crippen LogP contribution in [0, 0.1) is 6.92 Å². The van der Waals surface area contributed by atoms with Gasteiger partial charge in [0.05, 0.1) is 31.6 Å². The Morgan fingerprint density at radius 2 is 1.88 bits per heavy atom. The molecule has 3 aliphatic rings. The summed E-state index contributed by atoms with van der Waals surface area (Å²) in [7, 11) is 4.30. The number of rotatable bonds is 3. The minimum atomic E-state index is 0.406. The zero-order valence-corrected chi connectivity index (χ0v) is 15.8. The molecule has 0 aliphatic carbocycles. The Morgan fingerprint density at radius 1 is 1.08 bits per heavy atom. The van der Waals surface area contributed by atoms with Gasteiger partial charge in [0.1, 0.15) is 5.82 Å². The van der Waals surface area contributed by atoms with Crippen LogP contribution in [0.25, 0.3) is 0 Å². The number of hydrogen-bond donors (Lipinski definition) is 0. The minimum absolute atomic E-state index is 0.406. The lowest BCUT2D eigenvalue weighted by atomic mass is 9.98. The van der Waals surface area contributed by atoms with Gasteiger partial charge in [-0.1, -0.05) is 0 Å². The quantitative estimate of drug-likeness (QED) is 0.791. The van der Waals surface area contributed by atoms with Gasteiger partial charge in [0.15, 0.2) is 0 Å². The molecule has 0 radical (unpaired) electrons. The largest absolute Gasteiger partial charge is 0.378 e. The van der Waals surface area contributed by atoms with E-state index in [0.717, 1.165) is 71.2 Å². The Morgan fingerprint density at radius 3 is 2.68 bits per heavy atom. The predicted molar refractivity (Wildman–Crippen MR) is 97.0 cm³/mol. The second-order valence-corrected chi connectivity index (χ2v) is 7.59. The van der Waals surface area contributed by atoms with Crippen LogP contribution in [-0.4, -0.2) is 91.3 Å². The fourth-order valence-corrected chi connectivity index (χ4v) is 4.52. The highest BCUT2D eigenvalue weighted by molar-refractivity contribution is 5.50. The predicted octanol–water partition coefficient (Wildman–Crippen LogP) is 0.470. The SMILES string of the molecule is Cc1nn(C)c(N2CCOCC2)c1CN1CC[C@H]2OCCN(C)[C@H]2C1. The van der Waals surface area contributed by atoms with Crippen LogP contribution in [0.15, 0.2) is 0 Å². The molecule has 3 fully saturated rings. The Labute approximate surface area is 150 Å². The van der Waals surface area contributed by atoms with Crippen LogP contribution in [0.2, 0.25) is 0 Å². The highest BCUT2D eigenvalue weighted by Crippen LogP contribution is 2.28. The monoisotopic (exact) mass is 349 g/mol. The number of morpholine rings is 2. The Kier molecular flexibility index (Phi) is 4.99. The maximum atomic E-state index is 5.99. The summed E-state index contributed by atoms with van der Waals surface area (Å²) in [5.41, 5.74) is 2.53. The molecule has 0 N–H and O–H groups in total. The zero-order valence-electron chi connectivity index (χ0n) is 15.8. The van der Waals surface area contributed by atoms with Gasteiger partial charge in [-0.3, -0.25) is 14.5 Å². The van der Waals surface area contributed by atoms with E-state index in [9.17, 15) is 0 Å². The molecule has 3 saturated heterocycles. The second kappa shape index (κ2) is 7.23. The highest BCUT2D eigenvalue weighted by atomic mass is 16.5. The Hall–Kier alpha value is -1.15. The van der Waals surface area contributed by atoms with Gasteiger partial charge >= 0.3 is 0 Å². The van der Waals surface area contributed by atoms with E-state index >= 15 is 0 Å². The number of hydrogen-bond acceptors (Lipinski definition) is 6. The first-order valence-corrected chi connectivity index (χ1v) is 9.53. The molecule has 2 atom stereocenters. The molecule has 0 saturated carbocycles. The first kappa shape index (κ1) is 17.3. The first-order chi connectivity index (χ1) is 12.1. The van der Waals surface area contributed by atoms with Gasteiger partial charge in [0.25, 0.3) is 0 Å². The molecule has 1 aromatic heterocycles. The van der Waals surface area contributed by atoms with Crippen molar-refractivity contribution in [3.05, 3.63) is 11.3 Å². The summed E-state index contributed by atoms with van der Waals surface area (Å²) < 4.78 is 13.6. The summed E-state index contributed by atoms with van der Waals surface area (Å²) in [4.78, 5) is 7.49. The number of aromatic nitrogens is 2. The summed E-state index contributed by atoms with van der Waals surface area (Å²) in [6.07, 6.45) is 1.53. The average molecular weight is 349 g/mol. The molecule has 25 heavy (non-hydrogen) atoms. The molecule has 140 valence electrons. The summed E-state index contributed by atoms with van der Waals surface area (Å²) in [5, 5.41) is 4.72. The number of piperidine rings is 1. The van der Waals surface area contributed by atoms with E-state index in [0.29, 0.717) is 12.1 Å². The van der Waals surface area contributed by atoms with Crippen LogP contribution >= 0.6 is 0 Å². The molecule has 0 spiro atoms. The molecule has 0 aromatic carbocycles. The van der Waals surface area contributed by atoms with Crippen molar-refractivity contribution in [2.45, 2.75) is 32.0 Å². The first-order valence-electron chi connectivity index (χ1n) is 9.53. The van der Waals surface area contributed by atoms with Crippen molar-refractivity contribution in [1.29, 1.82) is 0 Å². The lowest BCUT2D eigenvalue weighted by Gasteiger charge is -2.45. The van der Waals surface area contributed by atoms with E-state index in [4.69, 9.17) is 14.6 Å². The van der Waals surface area contributed by atoms with Crippen LogP contribution in [0.4, 0.5) is 5.82 Å². The summed E-state index contributed by atoms with van der Waals surface area (Å²) >= 11 is 0. The molecular weight excluding hydrogens is 318 g/mol. The van der Waals surface area contributed by atoms with Gasteiger partial charge in [-0.2, -0.15) is 5.10 Å². The molecule has 1 aromatic rings. The number of aryl methyl sites for hydroxylation is 2. The van der Waals surface area contributed by atoms with Gasteiger partial charge in [0, 0.05) is 57.9 Å². The van der Waals surface area contributed by atoms with Crippen LogP contribution in [0.5, 0.6) is 0 Å². The van der Waals surface area contributed by atoms with Crippen LogP contribution in [-0.2, 0) is 23.1 Å². The fourth-order valence-electron chi connectivity index (χ4n) is 4.52. The molecule has 0 bridgehead atoms. The molecule has 7 nitrogen and oxygen atoms in total. The zero-order chi connectivity index (χ0) is 17.4. The molecule has 7 heteroatoms. The number of ether oxygens (including phenoxy) is 2. The van der Waals surface area contributed by atoms with E-state index in [1.54, 1.807) is 0 Å². The van der Waals surface area contributed by atoms with Crippen molar-refractivity contribution < 1.29 is 9.47 Å². The molecule has 0 unspecified atom stereocenters. The van der Waals surface area contributed by atoms with Crippen molar-refractivity contribution in [3.8, 4) is 0 Å². The van der Waals surface area contributed by atoms with Gasteiger partial charge < -0.3 is 14.4 Å². The standard InChI is InChI=1S/C18H31N5O2/c1-14-15(18(21(3)19-14)23-7-9-24-10-8-23)12-22-5-4-17-16(13-22)20(2)6-11-25-17/h16-17H,4-13H2,1-3H3/t16-,17+/m0/s1. The third kappa shape index (κ3) is 3.43. The smallest absolute Gasteiger partial charge is 0.131 e. The normalized spacial score (nSPS) is 29.0. The van der Waals surface area contributed by atoms with Crippen molar-refractivity contribution in [1.82, 2.24) is 19.6 Å². The number of anilines is 1. The van der Waals surface area contributed by atoms with Gasteiger partial charge in [0.2, 0.25) is 0 Å². The van der Waals surface area contributed by atoms with Crippen LogP contribution in [0.3, 0.4) is 0 Å². The van der Waals surface area contributed by atoms with E-state index in [1.165, 1.54) is 11.4 Å². The average Bonchev–Trinajstić information content (AvgIpc) is 2.90. The van der Waals surface area contributed by atoms with Crippen LogP contribution < -0.4 is 4.90 Å². The lowest BCUT2D eigenvalue weighted by Crippen LogP contribution is -2.58. The maximum Gasteiger partial charge on any atom is 0.131 e. The lowest BCUT2D eigenvalue weighted by molar-refractivity contribution is -0.0956. The Balaban J connectivity index is 1.50. The number of nitrogens with zero attached hydrogens (tertiary/aromatic N) is 5. The van der Waals surface area contributed by atoms with Gasteiger partial charge in [-0.05, 0) is 20.4 Å². The van der Waals surface area contributed by atoms with E-state index in [1.807, 2.05) is 0 Å². The van der Waals surface area contributed by atoms with Crippen molar-refractivity contribution in [2.75, 3.05) is 64.5 Å². The topological polar surface area (TPSA) is 46.0 Å². The number of fused-ring (bicyclic) bond motifs is 1. The maximum absolute atomic E-state index is 5.99. The van der Waals surface area contributed by atoms with E-state index in [-0.39, 0.29) is 0 Å². The molecule has 4 heterocycles. The van der Waals surface area contributed by atoms with Crippen LogP contribution in [0.1, 0.15) is 17.7 Å². The summed E-state index contributed by atoms with van der Waals surface area (Å²) in [5.74, 6) is 1.27. The Bertz CT molecular complexity index is 599. The molecule has 3 aliphatic heterocycles. The van der Waals surface area contributed by atoms with Gasteiger partial charge in [-0.15, -0.1) is 0 Å². The molecule has 4 rings (SSSR count). The number of likely N-dealkylation sites (N-methyl/N-ethyl adjacent to an activating group) is 1. The third-order valence-electron chi connectivity index (χ3n) is 5.95. The fraction of sp³-hybridized carbons (Fsp3) is 0.833. The third-order valence-corrected chi connectivity index (χ3v) is 5.95. The number of likely N-dealkylation sites (tertiary alicyclic amines) is 1. The van der Waals surface area contributed by atoms with Gasteiger partial charge in [-0.25, -0.2) is 0 Å². The van der Waals surface area contributed by atoms with E-state index in [2.05, 4.69) is 40.4 Å². The van der Waals surface area contributed by atoms with Crippen molar-refractivity contribution >= 4 is 5.82 Å². The van der Waals surface area contributed by atoms with Crippen molar-refractivity contribution in [2.24, 2.45) is 7.05 Å². The molecular formula is C18H31N5O2. The van der Waals surface area contributed by atoms with E-state index < -0.39 is 0 Å². The van der Waals surface area contributed by atoms with Crippen molar-refractivity contribution in [3.63, 3.8) is 0 Å². The molecule has 0 amide bonds.